The molecule has 0 aliphatic heterocycles. The Morgan fingerprint density at radius 3 is 2.32 bits per heavy atom. The van der Waals surface area contributed by atoms with Crippen molar-refractivity contribution in [2.45, 2.75) is 53.2 Å². The Hall–Kier alpha value is -0.680. The van der Waals surface area contributed by atoms with Gasteiger partial charge in [-0.25, -0.2) is 4.68 Å². The zero-order valence-electron chi connectivity index (χ0n) is 12.5. The third-order valence-corrected chi connectivity index (χ3v) is 3.70. The van der Waals surface area contributed by atoms with Gasteiger partial charge >= 0.3 is 0 Å². The van der Waals surface area contributed by atoms with Gasteiger partial charge in [0.25, 0.3) is 0 Å². The molecule has 0 bridgehead atoms. The van der Waals surface area contributed by atoms with Gasteiger partial charge in [0.2, 0.25) is 0 Å². The van der Waals surface area contributed by atoms with Crippen LogP contribution in [0, 0.1) is 16.6 Å². The molecule has 19 heavy (non-hydrogen) atoms. The molecule has 1 fully saturated rings. The van der Waals surface area contributed by atoms with Crippen molar-refractivity contribution < 1.29 is 0 Å². The summed E-state index contributed by atoms with van der Waals surface area (Å²) in [5.41, 5.74) is 0. The molecule has 1 aliphatic carbocycles. The summed E-state index contributed by atoms with van der Waals surface area (Å²) in [7, 11) is 0. The highest BCUT2D eigenvalue weighted by Gasteiger charge is 2.25. The maximum atomic E-state index is 5.52. The van der Waals surface area contributed by atoms with Gasteiger partial charge in [-0.2, -0.15) is 5.10 Å². The van der Waals surface area contributed by atoms with Gasteiger partial charge in [-0.15, -0.1) is 0 Å². The SMILES string of the molecule is CC(C)CN(CC(C)C)Cn1ncn(C2CC2)c1=S. The molecule has 0 atom stereocenters. The third kappa shape index (κ3) is 4.14. The van der Waals surface area contributed by atoms with Gasteiger partial charge in [-0.3, -0.25) is 4.90 Å². The molecule has 0 radical (unpaired) electrons. The summed E-state index contributed by atoms with van der Waals surface area (Å²) in [6.45, 7) is 12.0. The predicted molar refractivity (Wildman–Crippen MR) is 80.6 cm³/mol. The van der Waals surface area contributed by atoms with E-state index in [1.165, 1.54) is 12.8 Å². The molecular formula is C14H26N4S. The highest BCUT2D eigenvalue weighted by Crippen LogP contribution is 2.34. The molecule has 1 aromatic heterocycles. The zero-order valence-corrected chi connectivity index (χ0v) is 13.4. The Balaban J connectivity index is 2.05. The van der Waals surface area contributed by atoms with Crippen LogP contribution in [0.25, 0.3) is 0 Å². The quantitative estimate of drug-likeness (QED) is 0.718. The Labute approximate surface area is 121 Å². The molecule has 0 saturated heterocycles. The van der Waals surface area contributed by atoms with Crippen LogP contribution in [-0.4, -0.2) is 32.3 Å². The molecule has 0 aromatic carbocycles. The first-order valence-corrected chi connectivity index (χ1v) is 7.74. The monoisotopic (exact) mass is 282 g/mol. The van der Waals surface area contributed by atoms with E-state index < -0.39 is 0 Å². The van der Waals surface area contributed by atoms with E-state index in [0.29, 0.717) is 17.9 Å². The summed E-state index contributed by atoms with van der Waals surface area (Å²) in [6.07, 6.45) is 4.41. The Bertz CT molecular complexity index is 446. The molecule has 0 N–H and O–H groups in total. The average Bonchev–Trinajstić information content (AvgIpc) is 3.05. The first kappa shape index (κ1) is 14.7. The Morgan fingerprint density at radius 2 is 1.84 bits per heavy atom. The van der Waals surface area contributed by atoms with Crippen molar-refractivity contribution in [1.29, 1.82) is 0 Å². The lowest BCUT2D eigenvalue weighted by atomic mass is 10.1. The Morgan fingerprint density at radius 1 is 1.26 bits per heavy atom. The highest BCUT2D eigenvalue weighted by molar-refractivity contribution is 7.71. The molecule has 1 heterocycles. The van der Waals surface area contributed by atoms with Crippen molar-refractivity contribution in [2.24, 2.45) is 11.8 Å². The number of hydrogen-bond acceptors (Lipinski definition) is 3. The second kappa shape index (κ2) is 6.18. The van der Waals surface area contributed by atoms with Crippen LogP contribution < -0.4 is 0 Å². The van der Waals surface area contributed by atoms with E-state index in [-0.39, 0.29) is 0 Å². The van der Waals surface area contributed by atoms with Crippen molar-refractivity contribution in [3.63, 3.8) is 0 Å². The molecule has 1 aromatic rings. The van der Waals surface area contributed by atoms with Crippen LogP contribution in [0.15, 0.2) is 6.33 Å². The molecule has 0 unspecified atom stereocenters. The molecule has 5 heteroatoms. The molecule has 1 saturated carbocycles. The van der Waals surface area contributed by atoms with Gasteiger partial charge < -0.3 is 4.57 Å². The van der Waals surface area contributed by atoms with Gasteiger partial charge in [0.1, 0.15) is 6.33 Å². The fourth-order valence-corrected chi connectivity index (χ4v) is 2.76. The van der Waals surface area contributed by atoms with Crippen LogP contribution >= 0.6 is 12.2 Å². The number of aromatic nitrogens is 3. The second-order valence-electron chi connectivity index (χ2n) is 6.52. The van der Waals surface area contributed by atoms with E-state index in [0.717, 1.165) is 24.5 Å². The summed E-state index contributed by atoms with van der Waals surface area (Å²) in [5, 5.41) is 4.47. The standard InChI is InChI=1S/C14H26N4S/c1-11(2)7-16(8-12(3)4)10-18-14(19)17(9-15-18)13-5-6-13/h9,11-13H,5-8,10H2,1-4H3. The van der Waals surface area contributed by atoms with Gasteiger partial charge in [0.05, 0.1) is 6.67 Å². The minimum Gasteiger partial charge on any atom is -0.303 e. The molecule has 4 nitrogen and oxygen atoms in total. The fraction of sp³-hybridized carbons (Fsp3) is 0.857. The summed E-state index contributed by atoms with van der Waals surface area (Å²) in [4.78, 5) is 2.45. The van der Waals surface area contributed by atoms with Gasteiger partial charge in [-0.1, -0.05) is 27.7 Å². The maximum Gasteiger partial charge on any atom is 0.199 e. The van der Waals surface area contributed by atoms with Crippen molar-refractivity contribution >= 4 is 12.2 Å². The summed E-state index contributed by atoms with van der Waals surface area (Å²) < 4.78 is 5.00. The Kier molecular flexibility index (Phi) is 4.79. The normalized spacial score (nSPS) is 15.9. The van der Waals surface area contributed by atoms with Crippen molar-refractivity contribution in [2.75, 3.05) is 13.1 Å². The van der Waals surface area contributed by atoms with E-state index in [4.69, 9.17) is 12.2 Å². The largest absolute Gasteiger partial charge is 0.303 e. The average molecular weight is 282 g/mol. The highest BCUT2D eigenvalue weighted by atomic mass is 32.1. The molecule has 108 valence electrons. The van der Waals surface area contributed by atoms with Gasteiger partial charge in [-0.05, 0) is 36.9 Å². The van der Waals surface area contributed by atoms with Crippen molar-refractivity contribution in [3.8, 4) is 0 Å². The topological polar surface area (TPSA) is 26.0 Å². The van der Waals surface area contributed by atoms with E-state index in [1.54, 1.807) is 0 Å². The molecule has 0 spiro atoms. The molecule has 2 rings (SSSR count). The van der Waals surface area contributed by atoms with E-state index in [2.05, 4.69) is 42.3 Å². The van der Waals surface area contributed by atoms with Crippen molar-refractivity contribution in [3.05, 3.63) is 11.1 Å². The minimum absolute atomic E-state index is 0.616. The smallest absolute Gasteiger partial charge is 0.199 e. The first-order chi connectivity index (χ1) is 8.97. The summed E-state index contributed by atoms with van der Waals surface area (Å²) in [5.74, 6) is 1.33. The third-order valence-electron chi connectivity index (χ3n) is 3.28. The zero-order chi connectivity index (χ0) is 14.0. The lowest BCUT2D eigenvalue weighted by Crippen LogP contribution is -2.33. The number of hydrogen-bond donors (Lipinski definition) is 0. The summed E-state index contributed by atoms with van der Waals surface area (Å²) in [6, 6.07) is 0.616. The van der Waals surface area contributed by atoms with Crippen molar-refractivity contribution in [1.82, 2.24) is 19.2 Å². The van der Waals surface area contributed by atoms with Gasteiger partial charge in [0, 0.05) is 19.1 Å². The van der Waals surface area contributed by atoms with E-state index >= 15 is 0 Å². The fourth-order valence-electron chi connectivity index (χ4n) is 2.46. The molecule has 1 aliphatic rings. The lowest BCUT2D eigenvalue weighted by Gasteiger charge is -2.25. The van der Waals surface area contributed by atoms with Crippen LogP contribution in [0.1, 0.15) is 46.6 Å². The first-order valence-electron chi connectivity index (χ1n) is 7.33. The molecule has 0 amide bonds. The number of rotatable bonds is 7. The van der Waals surface area contributed by atoms with Crippen LogP contribution in [0.2, 0.25) is 0 Å². The number of nitrogens with zero attached hydrogens (tertiary/aromatic N) is 4. The maximum absolute atomic E-state index is 5.52. The van der Waals surface area contributed by atoms with E-state index in [9.17, 15) is 0 Å². The predicted octanol–water partition coefficient (Wildman–Crippen LogP) is 3.32. The summed E-state index contributed by atoms with van der Waals surface area (Å²) >= 11 is 5.52. The van der Waals surface area contributed by atoms with Crippen LogP contribution in [0.5, 0.6) is 0 Å². The molecular weight excluding hydrogens is 256 g/mol. The minimum atomic E-state index is 0.616. The van der Waals surface area contributed by atoms with Crippen LogP contribution in [-0.2, 0) is 6.67 Å². The van der Waals surface area contributed by atoms with E-state index in [1.807, 2.05) is 11.0 Å². The van der Waals surface area contributed by atoms with Gasteiger partial charge in [0.15, 0.2) is 4.77 Å². The lowest BCUT2D eigenvalue weighted by molar-refractivity contribution is 0.164. The van der Waals surface area contributed by atoms with Crippen LogP contribution in [0.4, 0.5) is 0 Å². The second-order valence-corrected chi connectivity index (χ2v) is 6.88. The van der Waals surface area contributed by atoms with Crippen LogP contribution in [0.3, 0.4) is 0 Å².